The summed E-state index contributed by atoms with van der Waals surface area (Å²) in [5, 5.41) is 1.04. The molecule has 0 aliphatic rings. The molecule has 0 saturated heterocycles. The Hall–Kier alpha value is -3.02. The van der Waals surface area contributed by atoms with Crippen molar-refractivity contribution in [3.05, 3.63) is 54.7 Å². The number of rotatable bonds is 2. The van der Waals surface area contributed by atoms with Gasteiger partial charge in [-0.05, 0) is 12.1 Å². The Morgan fingerprint density at radius 2 is 1.95 bits per heavy atom. The van der Waals surface area contributed by atoms with E-state index in [-0.39, 0.29) is 0 Å². The van der Waals surface area contributed by atoms with Gasteiger partial charge in [0, 0.05) is 11.6 Å². The van der Waals surface area contributed by atoms with Crippen LogP contribution < -0.4 is 5.73 Å². The van der Waals surface area contributed by atoms with E-state index in [2.05, 4.69) is 19.9 Å². The second-order valence-corrected chi connectivity index (χ2v) is 4.77. The number of hydrogen-bond donors (Lipinski definition) is 1. The number of benzene rings is 1. The molecule has 3 heterocycles. The molecule has 0 aliphatic heterocycles. The molecule has 0 saturated carbocycles. The van der Waals surface area contributed by atoms with E-state index in [1.165, 1.54) is 6.33 Å². The molecule has 0 spiro atoms. The number of nitrogens with two attached hydrogens (primary N) is 1. The molecule has 6 heteroatoms. The van der Waals surface area contributed by atoms with Crippen LogP contribution in [0.4, 0.5) is 5.95 Å². The van der Waals surface area contributed by atoms with E-state index in [1.54, 1.807) is 12.4 Å². The van der Waals surface area contributed by atoms with Gasteiger partial charge in [-0.15, -0.1) is 0 Å². The van der Waals surface area contributed by atoms with Crippen molar-refractivity contribution in [1.82, 2.24) is 24.5 Å². The van der Waals surface area contributed by atoms with Gasteiger partial charge in [0.05, 0.1) is 29.5 Å². The summed E-state index contributed by atoms with van der Waals surface area (Å²) in [5.74, 6) is 0.460. The number of nitrogens with zero attached hydrogens (tertiary/aromatic N) is 5. The molecular weight excluding hydrogens is 264 g/mol. The van der Waals surface area contributed by atoms with Crippen LogP contribution in [0.15, 0.2) is 49.1 Å². The van der Waals surface area contributed by atoms with Gasteiger partial charge in [-0.25, -0.2) is 15.0 Å². The topological polar surface area (TPSA) is 82.5 Å². The van der Waals surface area contributed by atoms with Crippen molar-refractivity contribution in [2.24, 2.45) is 0 Å². The van der Waals surface area contributed by atoms with Crippen LogP contribution in [-0.4, -0.2) is 24.5 Å². The molecule has 2 N–H and O–H groups in total. The summed E-state index contributed by atoms with van der Waals surface area (Å²) in [6.45, 7) is 0.554. The first-order valence-corrected chi connectivity index (χ1v) is 6.57. The molecular formula is C15H12N6. The number of imidazole rings is 1. The third-order valence-electron chi connectivity index (χ3n) is 3.47. The summed E-state index contributed by atoms with van der Waals surface area (Å²) < 4.78 is 1.96. The van der Waals surface area contributed by atoms with Gasteiger partial charge in [-0.1, -0.05) is 18.2 Å². The highest BCUT2D eigenvalue weighted by Gasteiger charge is 2.12. The highest BCUT2D eigenvalue weighted by Crippen LogP contribution is 2.26. The summed E-state index contributed by atoms with van der Waals surface area (Å²) in [6.07, 6.45) is 5.01. The van der Waals surface area contributed by atoms with E-state index < -0.39 is 0 Å². The lowest BCUT2D eigenvalue weighted by Crippen LogP contribution is -2.06. The Kier molecular flexibility index (Phi) is 2.53. The molecule has 3 aromatic heterocycles. The van der Waals surface area contributed by atoms with E-state index in [9.17, 15) is 0 Å². The molecule has 1 aromatic carbocycles. The van der Waals surface area contributed by atoms with Gasteiger partial charge in [-0.3, -0.25) is 4.98 Å². The quantitative estimate of drug-likeness (QED) is 0.605. The van der Waals surface area contributed by atoms with Crippen molar-refractivity contribution in [2.45, 2.75) is 6.54 Å². The summed E-state index contributed by atoms with van der Waals surface area (Å²) in [7, 11) is 0. The monoisotopic (exact) mass is 276 g/mol. The lowest BCUT2D eigenvalue weighted by molar-refractivity contribution is 0.805. The third kappa shape index (κ3) is 1.88. The molecule has 0 amide bonds. The Bertz CT molecular complexity index is 929. The highest BCUT2D eigenvalue weighted by atomic mass is 15.2. The highest BCUT2D eigenvalue weighted by molar-refractivity contribution is 6.02. The average Bonchev–Trinajstić information content (AvgIpc) is 2.85. The van der Waals surface area contributed by atoms with Crippen LogP contribution in [0.1, 0.15) is 5.69 Å². The third-order valence-corrected chi connectivity index (χ3v) is 3.47. The van der Waals surface area contributed by atoms with Crippen LogP contribution in [0.5, 0.6) is 0 Å². The zero-order valence-corrected chi connectivity index (χ0v) is 11.1. The van der Waals surface area contributed by atoms with Crippen molar-refractivity contribution in [3.63, 3.8) is 0 Å². The Morgan fingerprint density at radius 1 is 1.05 bits per heavy atom. The van der Waals surface area contributed by atoms with Crippen LogP contribution in [0, 0.1) is 0 Å². The van der Waals surface area contributed by atoms with Crippen LogP contribution in [0.25, 0.3) is 21.9 Å². The summed E-state index contributed by atoms with van der Waals surface area (Å²) in [4.78, 5) is 17.0. The molecule has 102 valence electrons. The minimum Gasteiger partial charge on any atom is -0.369 e. The number of para-hydroxylation sites is 1. The van der Waals surface area contributed by atoms with Crippen molar-refractivity contribution < 1.29 is 0 Å². The molecule has 6 nitrogen and oxygen atoms in total. The zero-order valence-electron chi connectivity index (χ0n) is 11.1. The molecule has 4 aromatic rings. The van der Waals surface area contributed by atoms with Crippen LogP contribution in [0.3, 0.4) is 0 Å². The molecule has 0 atom stereocenters. The maximum Gasteiger partial charge on any atom is 0.201 e. The molecule has 0 unspecified atom stereocenters. The van der Waals surface area contributed by atoms with Gasteiger partial charge in [0.1, 0.15) is 11.8 Å². The molecule has 0 bridgehead atoms. The van der Waals surface area contributed by atoms with Gasteiger partial charge in [0.2, 0.25) is 5.95 Å². The molecule has 0 aliphatic carbocycles. The van der Waals surface area contributed by atoms with E-state index in [0.29, 0.717) is 12.5 Å². The van der Waals surface area contributed by atoms with Crippen molar-refractivity contribution in [2.75, 3.05) is 5.73 Å². The fraction of sp³-hybridized carbons (Fsp3) is 0.0667. The number of anilines is 1. The van der Waals surface area contributed by atoms with Crippen LogP contribution in [-0.2, 0) is 6.54 Å². The van der Waals surface area contributed by atoms with Crippen LogP contribution >= 0.6 is 0 Å². The number of aromatic nitrogens is 5. The van der Waals surface area contributed by atoms with Crippen LogP contribution in [0.2, 0.25) is 0 Å². The first-order valence-electron chi connectivity index (χ1n) is 6.57. The van der Waals surface area contributed by atoms with Crippen molar-refractivity contribution in [1.29, 1.82) is 0 Å². The Morgan fingerprint density at radius 3 is 2.81 bits per heavy atom. The maximum atomic E-state index is 6.07. The summed E-state index contributed by atoms with van der Waals surface area (Å²) in [6, 6.07) is 9.83. The molecule has 0 fully saturated rings. The molecule has 0 radical (unpaired) electrons. The minimum absolute atomic E-state index is 0.460. The molecule has 4 rings (SSSR count). The second-order valence-electron chi connectivity index (χ2n) is 4.77. The van der Waals surface area contributed by atoms with Gasteiger partial charge < -0.3 is 10.3 Å². The first kappa shape index (κ1) is 11.8. The standard InChI is InChI=1S/C15H12N6/c16-15-20-13-7-18-12-4-2-1-3-11(12)14(13)21(15)8-10-5-6-17-9-19-10/h1-7,9H,8H2,(H2,16,20). The Labute approximate surface area is 120 Å². The number of hydrogen-bond acceptors (Lipinski definition) is 5. The van der Waals surface area contributed by atoms with E-state index in [1.807, 2.05) is 34.9 Å². The van der Waals surface area contributed by atoms with E-state index in [4.69, 9.17) is 5.73 Å². The van der Waals surface area contributed by atoms with Gasteiger partial charge in [-0.2, -0.15) is 0 Å². The lowest BCUT2D eigenvalue weighted by atomic mass is 10.2. The predicted octanol–water partition coefficient (Wildman–Crippen LogP) is 2.00. The largest absolute Gasteiger partial charge is 0.369 e. The van der Waals surface area contributed by atoms with Gasteiger partial charge >= 0.3 is 0 Å². The zero-order chi connectivity index (χ0) is 14.2. The minimum atomic E-state index is 0.460. The summed E-state index contributed by atoms with van der Waals surface area (Å²) >= 11 is 0. The smallest absolute Gasteiger partial charge is 0.201 e. The molecule has 21 heavy (non-hydrogen) atoms. The fourth-order valence-corrected chi connectivity index (χ4v) is 2.51. The van der Waals surface area contributed by atoms with E-state index in [0.717, 1.165) is 27.6 Å². The lowest BCUT2D eigenvalue weighted by Gasteiger charge is -2.07. The normalized spacial score (nSPS) is 11.2. The first-order chi connectivity index (χ1) is 10.3. The fourth-order valence-electron chi connectivity index (χ4n) is 2.51. The van der Waals surface area contributed by atoms with Crippen molar-refractivity contribution >= 4 is 27.9 Å². The number of nitrogen functional groups attached to an aromatic ring is 1. The van der Waals surface area contributed by atoms with Crippen molar-refractivity contribution in [3.8, 4) is 0 Å². The van der Waals surface area contributed by atoms with Gasteiger partial charge in [0.25, 0.3) is 0 Å². The Balaban J connectivity index is 1.99. The number of fused-ring (bicyclic) bond motifs is 3. The maximum absolute atomic E-state index is 6.07. The second kappa shape index (κ2) is 4.52. The number of pyridine rings is 1. The van der Waals surface area contributed by atoms with E-state index >= 15 is 0 Å². The predicted molar refractivity (Wildman–Crippen MR) is 80.6 cm³/mol. The van der Waals surface area contributed by atoms with Gasteiger partial charge in [0.15, 0.2) is 0 Å². The average molecular weight is 276 g/mol. The SMILES string of the molecule is Nc1nc2cnc3ccccc3c2n1Cc1ccncn1. The summed E-state index contributed by atoms with van der Waals surface area (Å²) in [5.41, 5.74) is 9.66.